The summed E-state index contributed by atoms with van der Waals surface area (Å²) in [5.41, 5.74) is 1.44. The Morgan fingerprint density at radius 3 is 2.56 bits per heavy atom. The fourth-order valence-corrected chi connectivity index (χ4v) is 3.74. The Morgan fingerprint density at radius 1 is 1.25 bits per heavy atom. The van der Waals surface area contributed by atoms with Crippen LogP contribution in [0.25, 0.3) is 0 Å². The zero-order chi connectivity index (χ0) is 11.6. The Bertz CT molecular complexity index is 370. The smallest absolute Gasteiger partial charge is 0.137 e. The van der Waals surface area contributed by atoms with E-state index in [9.17, 15) is 4.39 Å². The van der Waals surface area contributed by atoms with Crippen molar-refractivity contribution in [2.75, 3.05) is 5.33 Å². The van der Waals surface area contributed by atoms with Crippen LogP contribution in [0, 0.1) is 11.2 Å². The summed E-state index contributed by atoms with van der Waals surface area (Å²) in [4.78, 5) is 0. The van der Waals surface area contributed by atoms with Gasteiger partial charge in [0.25, 0.3) is 0 Å². The van der Waals surface area contributed by atoms with Gasteiger partial charge >= 0.3 is 0 Å². The zero-order valence-electron chi connectivity index (χ0n) is 9.11. The first-order chi connectivity index (χ1) is 7.67. The van der Waals surface area contributed by atoms with E-state index >= 15 is 0 Å². The van der Waals surface area contributed by atoms with Gasteiger partial charge in [0.15, 0.2) is 0 Å². The molecule has 1 saturated carbocycles. The molecule has 0 heterocycles. The summed E-state index contributed by atoms with van der Waals surface area (Å²) in [6.07, 6.45) is 6.08. The minimum atomic E-state index is -0.153. The van der Waals surface area contributed by atoms with Gasteiger partial charge in [-0.1, -0.05) is 40.9 Å². The first-order valence-electron chi connectivity index (χ1n) is 5.66. The molecule has 0 bridgehead atoms. The number of halogens is 3. The summed E-state index contributed by atoms with van der Waals surface area (Å²) >= 11 is 6.98. The van der Waals surface area contributed by atoms with Crippen LogP contribution in [0.1, 0.15) is 31.2 Å². The van der Waals surface area contributed by atoms with E-state index in [2.05, 4.69) is 31.9 Å². The molecule has 0 spiro atoms. The topological polar surface area (TPSA) is 0 Å². The molecule has 1 aliphatic carbocycles. The molecule has 0 unspecified atom stereocenters. The van der Waals surface area contributed by atoms with Crippen LogP contribution in [0.3, 0.4) is 0 Å². The second-order valence-corrected chi connectivity index (χ2v) is 6.08. The molecule has 2 rings (SSSR count). The van der Waals surface area contributed by atoms with Crippen molar-refractivity contribution in [2.45, 2.75) is 32.1 Å². The molecule has 0 N–H and O–H groups in total. The number of rotatable bonds is 3. The molecule has 0 amide bonds. The second kappa shape index (κ2) is 5.18. The number of alkyl halides is 1. The van der Waals surface area contributed by atoms with Crippen LogP contribution in [0.4, 0.5) is 4.39 Å². The summed E-state index contributed by atoms with van der Waals surface area (Å²) in [6.45, 7) is 0. The van der Waals surface area contributed by atoms with Gasteiger partial charge in [-0.2, -0.15) is 0 Å². The Labute approximate surface area is 113 Å². The Kier molecular flexibility index (Phi) is 4.06. The Morgan fingerprint density at radius 2 is 1.94 bits per heavy atom. The van der Waals surface area contributed by atoms with Gasteiger partial charge in [0.1, 0.15) is 5.82 Å². The molecule has 1 aromatic carbocycles. The van der Waals surface area contributed by atoms with Gasteiger partial charge in [-0.05, 0) is 52.2 Å². The summed E-state index contributed by atoms with van der Waals surface area (Å²) < 4.78 is 14.1. The molecule has 0 radical (unpaired) electrons. The summed E-state index contributed by atoms with van der Waals surface area (Å²) in [5, 5.41) is 1.02. The van der Waals surface area contributed by atoms with Gasteiger partial charge in [0.05, 0.1) is 4.47 Å². The predicted molar refractivity (Wildman–Crippen MR) is 72.5 cm³/mol. The lowest BCUT2D eigenvalue weighted by Gasteiger charge is -2.27. The molecule has 0 atom stereocenters. The van der Waals surface area contributed by atoms with E-state index in [1.807, 2.05) is 6.07 Å². The molecule has 0 aromatic heterocycles. The lowest BCUT2D eigenvalue weighted by Crippen LogP contribution is -2.21. The summed E-state index contributed by atoms with van der Waals surface area (Å²) in [6, 6.07) is 5.32. The average Bonchev–Trinajstić information content (AvgIpc) is 2.74. The molecule has 1 fully saturated rings. The molecule has 0 aliphatic heterocycles. The van der Waals surface area contributed by atoms with Crippen LogP contribution in [-0.2, 0) is 6.42 Å². The molecule has 0 saturated heterocycles. The van der Waals surface area contributed by atoms with Gasteiger partial charge < -0.3 is 0 Å². The summed E-state index contributed by atoms with van der Waals surface area (Å²) in [7, 11) is 0. The van der Waals surface area contributed by atoms with Crippen molar-refractivity contribution in [3.63, 3.8) is 0 Å². The molecule has 16 heavy (non-hydrogen) atoms. The lowest BCUT2D eigenvalue weighted by molar-refractivity contribution is 0.345. The van der Waals surface area contributed by atoms with E-state index in [0.29, 0.717) is 9.89 Å². The predicted octanol–water partition coefficient (Wildman–Crippen LogP) is 5.09. The SMILES string of the molecule is Fc1cccc(CC2(CBr)CCCC2)c1Br. The molecule has 0 nitrogen and oxygen atoms in total. The van der Waals surface area contributed by atoms with E-state index in [1.165, 1.54) is 31.7 Å². The molecule has 1 aliphatic rings. The van der Waals surface area contributed by atoms with Gasteiger partial charge in [0.2, 0.25) is 0 Å². The number of benzene rings is 1. The standard InChI is InChI=1S/C13H15Br2F/c14-9-13(6-1-2-7-13)8-10-4-3-5-11(16)12(10)15/h3-5H,1-2,6-9H2. The van der Waals surface area contributed by atoms with Crippen molar-refractivity contribution in [1.29, 1.82) is 0 Å². The minimum Gasteiger partial charge on any atom is -0.206 e. The molecular weight excluding hydrogens is 335 g/mol. The minimum absolute atomic E-state index is 0.153. The van der Waals surface area contributed by atoms with Gasteiger partial charge in [-0.15, -0.1) is 0 Å². The second-order valence-electron chi connectivity index (χ2n) is 4.73. The van der Waals surface area contributed by atoms with E-state index in [4.69, 9.17) is 0 Å². The van der Waals surface area contributed by atoms with Crippen molar-refractivity contribution in [1.82, 2.24) is 0 Å². The van der Waals surface area contributed by atoms with Crippen molar-refractivity contribution in [3.05, 3.63) is 34.1 Å². The first kappa shape index (κ1) is 12.6. The molecular formula is C13H15Br2F. The molecule has 1 aromatic rings. The van der Waals surface area contributed by atoms with Crippen LogP contribution < -0.4 is 0 Å². The first-order valence-corrected chi connectivity index (χ1v) is 7.57. The van der Waals surface area contributed by atoms with Crippen LogP contribution in [-0.4, -0.2) is 5.33 Å². The third-order valence-electron chi connectivity index (χ3n) is 3.54. The monoisotopic (exact) mass is 348 g/mol. The highest BCUT2D eigenvalue weighted by atomic mass is 79.9. The third-order valence-corrected chi connectivity index (χ3v) is 5.62. The fraction of sp³-hybridized carbons (Fsp3) is 0.538. The average molecular weight is 350 g/mol. The van der Waals surface area contributed by atoms with E-state index in [0.717, 1.165) is 17.3 Å². The number of hydrogen-bond donors (Lipinski definition) is 0. The summed E-state index contributed by atoms with van der Waals surface area (Å²) in [5.74, 6) is -0.153. The Balaban J connectivity index is 2.22. The van der Waals surface area contributed by atoms with Crippen LogP contribution >= 0.6 is 31.9 Å². The van der Waals surface area contributed by atoms with Gasteiger partial charge in [0, 0.05) is 5.33 Å². The maximum Gasteiger partial charge on any atom is 0.137 e. The number of hydrogen-bond acceptors (Lipinski definition) is 0. The quantitative estimate of drug-likeness (QED) is 0.667. The van der Waals surface area contributed by atoms with Crippen LogP contribution in [0.15, 0.2) is 22.7 Å². The van der Waals surface area contributed by atoms with Crippen molar-refractivity contribution >= 4 is 31.9 Å². The fourth-order valence-electron chi connectivity index (χ4n) is 2.57. The third kappa shape index (κ3) is 2.51. The highest BCUT2D eigenvalue weighted by Gasteiger charge is 2.33. The highest BCUT2D eigenvalue weighted by molar-refractivity contribution is 9.10. The van der Waals surface area contributed by atoms with Crippen molar-refractivity contribution < 1.29 is 4.39 Å². The van der Waals surface area contributed by atoms with Crippen LogP contribution in [0.5, 0.6) is 0 Å². The maximum atomic E-state index is 13.4. The van der Waals surface area contributed by atoms with Gasteiger partial charge in [-0.3, -0.25) is 0 Å². The highest BCUT2D eigenvalue weighted by Crippen LogP contribution is 2.43. The normalized spacial score (nSPS) is 18.9. The van der Waals surface area contributed by atoms with E-state index in [-0.39, 0.29) is 5.82 Å². The van der Waals surface area contributed by atoms with Crippen LogP contribution in [0.2, 0.25) is 0 Å². The van der Waals surface area contributed by atoms with Crippen molar-refractivity contribution in [3.8, 4) is 0 Å². The van der Waals surface area contributed by atoms with Crippen molar-refractivity contribution in [2.24, 2.45) is 5.41 Å². The van der Waals surface area contributed by atoms with Gasteiger partial charge in [-0.25, -0.2) is 4.39 Å². The zero-order valence-corrected chi connectivity index (χ0v) is 12.3. The lowest BCUT2D eigenvalue weighted by atomic mass is 9.82. The largest absolute Gasteiger partial charge is 0.206 e. The van der Waals surface area contributed by atoms with E-state index < -0.39 is 0 Å². The maximum absolute atomic E-state index is 13.4. The Hall–Kier alpha value is 0.110. The molecule has 3 heteroatoms. The molecule has 88 valence electrons. The van der Waals surface area contributed by atoms with E-state index in [1.54, 1.807) is 6.07 Å².